The third-order valence-electron chi connectivity index (χ3n) is 11.3. The molecular weight excluding hydrogens is 804 g/mol. The Balaban J connectivity index is 1.14. The largest absolute Gasteiger partial charge is 0.491 e. The molecule has 3 amide bonds. The first kappa shape index (κ1) is 41.7. The smallest absolute Gasteiger partial charge is 0.262 e. The zero-order chi connectivity index (χ0) is 43.4. The van der Waals surface area contributed by atoms with Gasteiger partial charge in [-0.2, -0.15) is 4.98 Å². The van der Waals surface area contributed by atoms with Crippen LogP contribution in [0.2, 0.25) is 0 Å². The number of nitrogens with zero attached hydrogens (tertiary/aromatic N) is 3. The fourth-order valence-corrected chi connectivity index (χ4v) is 9.17. The van der Waals surface area contributed by atoms with Crippen LogP contribution in [0.5, 0.6) is 11.6 Å². The maximum Gasteiger partial charge on any atom is 0.262 e. The Morgan fingerprint density at radius 3 is 2.36 bits per heavy atom. The lowest BCUT2D eigenvalue weighted by Gasteiger charge is -2.36. The average molecular weight is 853 g/mol. The van der Waals surface area contributed by atoms with Gasteiger partial charge in [0.05, 0.1) is 17.9 Å². The van der Waals surface area contributed by atoms with E-state index in [-0.39, 0.29) is 37.0 Å². The number of benzene rings is 3. The molecule has 0 bridgehead atoms. The number of furan rings is 1. The Hall–Kier alpha value is -6.03. The van der Waals surface area contributed by atoms with Gasteiger partial charge in [-0.15, -0.1) is 6.58 Å². The minimum absolute atomic E-state index is 0.0178. The van der Waals surface area contributed by atoms with Crippen molar-refractivity contribution < 1.29 is 41.1 Å². The van der Waals surface area contributed by atoms with Crippen LogP contribution in [0.25, 0.3) is 33.5 Å². The van der Waals surface area contributed by atoms with E-state index in [4.69, 9.17) is 23.9 Å². The summed E-state index contributed by atoms with van der Waals surface area (Å²) < 4.78 is 60.5. The van der Waals surface area contributed by atoms with Gasteiger partial charge in [0.2, 0.25) is 27.4 Å². The lowest BCUT2D eigenvalue weighted by Crippen LogP contribution is -2.58. The monoisotopic (exact) mass is 852 g/mol. The molecule has 3 aromatic carbocycles. The summed E-state index contributed by atoms with van der Waals surface area (Å²) in [5.41, 5.74) is 0.221. The van der Waals surface area contributed by atoms with Crippen LogP contribution in [-0.2, 0) is 24.4 Å². The second kappa shape index (κ2) is 15.8. The first-order chi connectivity index (χ1) is 29.0. The van der Waals surface area contributed by atoms with Crippen molar-refractivity contribution in [3.05, 3.63) is 91.3 Å². The van der Waals surface area contributed by atoms with Crippen molar-refractivity contribution in [3.8, 4) is 23.0 Å². The van der Waals surface area contributed by atoms with E-state index < -0.39 is 73.9 Å². The molecule has 8 rings (SSSR count). The SMILES string of the molecule is C=C[C@@H]1CC1(NC(=O)C1CC(Oc2nc(-c3ccc(OC(C)C)cc3)nc3c2oc2ccccc23)CN1C(=O)[C@@H](Nc1ccc(F)cc1)C(C)(C)C)C(=O)NS(=O)(=O)C1CC1. The van der Waals surface area contributed by atoms with Gasteiger partial charge in [0.25, 0.3) is 11.8 Å². The summed E-state index contributed by atoms with van der Waals surface area (Å²) in [5, 5.41) is 6.16. The summed E-state index contributed by atoms with van der Waals surface area (Å²) >= 11 is 0. The number of likely N-dealkylation sites (tertiary alicyclic amines) is 1. The predicted molar refractivity (Wildman–Crippen MR) is 228 cm³/mol. The third kappa shape index (κ3) is 8.50. The van der Waals surface area contributed by atoms with Gasteiger partial charge in [-0.3, -0.25) is 19.1 Å². The predicted octanol–water partition coefficient (Wildman–Crippen LogP) is 6.51. The molecule has 1 saturated heterocycles. The maximum absolute atomic E-state index is 14.9. The van der Waals surface area contributed by atoms with Crippen LogP contribution in [0.3, 0.4) is 0 Å². The van der Waals surface area contributed by atoms with E-state index in [0.717, 1.165) is 5.39 Å². The van der Waals surface area contributed by atoms with Crippen molar-refractivity contribution in [2.24, 2.45) is 11.3 Å². The molecule has 2 aromatic heterocycles. The van der Waals surface area contributed by atoms with Crippen LogP contribution >= 0.6 is 0 Å². The molecule has 61 heavy (non-hydrogen) atoms. The number of para-hydroxylation sites is 1. The van der Waals surface area contributed by atoms with Gasteiger partial charge in [0.15, 0.2) is 5.82 Å². The van der Waals surface area contributed by atoms with Gasteiger partial charge in [-0.1, -0.05) is 39.0 Å². The van der Waals surface area contributed by atoms with E-state index in [9.17, 15) is 27.2 Å². The Kier molecular flexibility index (Phi) is 10.8. The summed E-state index contributed by atoms with van der Waals surface area (Å²) in [4.78, 5) is 54.2. The molecule has 0 spiro atoms. The lowest BCUT2D eigenvalue weighted by atomic mass is 9.85. The fourth-order valence-electron chi connectivity index (χ4n) is 7.81. The minimum atomic E-state index is -3.93. The standard InChI is InChI=1S/C45H49FN6O8S/c1-7-27-23-45(27,43(55)51-61(56,57)32-20-21-32)50-40(53)34-22-31(24-52(34)42(54)38(44(4,5)6)47-29-16-14-28(46)15-17-29)59-41-37-36(33-10-8-9-11-35(33)60-37)48-39(49-41)26-12-18-30(19-13-26)58-25(2)3/h7-19,25,27,31-32,34,38,47H,1,20-24H2,2-6H3,(H,50,53)(H,51,55)/t27-,31?,34?,38-,45?/m1/s1. The molecule has 2 saturated carbocycles. The van der Waals surface area contributed by atoms with Crippen molar-refractivity contribution in [1.82, 2.24) is 24.9 Å². The molecule has 5 atom stereocenters. The number of ether oxygens (including phenoxy) is 2. The summed E-state index contributed by atoms with van der Waals surface area (Å²) in [6.07, 6.45) is 1.67. The van der Waals surface area contributed by atoms with Crippen LogP contribution in [0.1, 0.15) is 60.3 Å². The molecular formula is C45H49FN6O8S. The topological polar surface area (TPSA) is 182 Å². The van der Waals surface area contributed by atoms with Crippen molar-refractivity contribution in [2.45, 2.75) is 95.4 Å². The van der Waals surface area contributed by atoms with Crippen molar-refractivity contribution in [1.29, 1.82) is 0 Å². The van der Waals surface area contributed by atoms with E-state index >= 15 is 0 Å². The van der Waals surface area contributed by atoms with Gasteiger partial charge >= 0.3 is 0 Å². The molecule has 3 unspecified atom stereocenters. The summed E-state index contributed by atoms with van der Waals surface area (Å²) in [7, 11) is -3.93. The number of rotatable bonds is 14. The molecule has 3 N–H and O–H groups in total. The van der Waals surface area contributed by atoms with E-state index in [0.29, 0.717) is 46.8 Å². The highest BCUT2D eigenvalue weighted by molar-refractivity contribution is 7.91. The Morgan fingerprint density at radius 2 is 1.72 bits per heavy atom. The second-order valence-electron chi connectivity index (χ2n) is 17.4. The van der Waals surface area contributed by atoms with Gasteiger partial charge in [0, 0.05) is 29.0 Å². The Bertz CT molecular complexity index is 2620. The first-order valence-corrected chi connectivity index (χ1v) is 22.0. The Labute approximate surface area is 353 Å². The van der Waals surface area contributed by atoms with Crippen LogP contribution in [0.15, 0.2) is 89.9 Å². The number of amides is 3. The van der Waals surface area contributed by atoms with Gasteiger partial charge < -0.3 is 29.4 Å². The third-order valence-corrected chi connectivity index (χ3v) is 13.1. The second-order valence-corrected chi connectivity index (χ2v) is 19.4. The average Bonchev–Trinajstić information content (AvgIpc) is 4.12. The molecule has 14 nitrogen and oxygen atoms in total. The van der Waals surface area contributed by atoms with Crippen molar-refractivity contribution in [2.75, 3.05) is 11.9 Å². The highest BCUT2D eigenvalue weighted by Gasteiger charge is 2.62. The molecule has 1 aliphatic heterocycles. The number of halogens is 1. The number of hydrogen-bond donors (Lipinski definition) is 3. The number of nitrogens with one attached hydrogen (secondary N) is 3. The van der Waals surface area contributed by atoms with Gasteiger partial charge in [0.1, 0.15) is 46.4 Å². The number of hydrogen-bond acceptors (Lipinski definition) is 11. The maximum atomic E-state index is 14.9. The van der Waals surface area contributed by atoms with E-state index in [1.807, 2.05) is 83.1 Å². The summed E-state index contributed by atoms with van der Waals surface area (Å²) in [5.74, 6) is -1.82. The number of carbonyl (C=O) groups excluding carboxylic acids is 3. The number of carbonyl (C=O) groups is 3. The van der Waals surface area contributed by atoms with Gasteiger partial charge in [-0.05, 0) is 99.2 Å². The molecule has 0 radical (unpaired) electrons. The quantitative estimate of drug-likeness (QED) is 0.104. The lowest BCUT2D eigenvalue weighted by molar-refractivity contribution is -0.141. The minimum Gasteiger partial charge on any atom is -0.491 e. The zero-order valence-corrected chi connectivity index (χ0v) is 35.4. The van der Waals surface area contributed by atoms with E-state index in [2.05, 4.69) is 21.9 Å². The van der Waals surface area contributed by atoms with Crippen molar-refractivity contribution in [3.63, 3.8) is 0 Å². The molecule has 16 heteroatoms. The van der Waals surface area contributed by atoms with Gasteiger partial charge in [-0.25, -0.2) is 17.8 Å². The van der Waals surface area contributed by atoms with Crippen LogP contribution in [-0.4, -0.2) is 82.6 Å². The molecule has 3 heterocycles. The van der Waals surface area contributed by atoms with Crippen LogP contribution < -0.4 is 24.8 Å². The molecule has 5 aromatic rings. The molecule has 320 valence electrons. The summed E-state index contributed by atoms with van der Waals surface area (Å²) in [6.45, 7) is 13.2. The number of anilines is 1. The molecule has 2 aliphatic carbocycles. The molecule has 3 fully saturated rings. The van der Waals surface area contributed by atoms with Crippen molar-refractivity contribution >= 4 is 55.5 Å². The summed E-state index contributed by atoms with van der Waals surface area (Å²) in [6, 6.07) is 18.3. The number of sulfonamides is 1. The fraction of sp³-hybridized carbons (Fsp3) is 0.400. The van der Waals surface area contributed by atoms with Crippen LogP contribution in [0.4, 0.5) is 10.1 Å². The molecule has 3 aliphatic rings. The Morgan fingerprint density at radius 1 is 1.02 bits per heavy atom. The number of fused-ring (bicyclic) bond motifs is 3. The van der Waals surface area contributed by atoms with E-state index in [1.165, 1.54) is 35.2 Å². The normalized spacial score (nSPS) is 21.9. The highest BCUT2D eigenvalue weighted by atomic mass is 32.2. The zero-order valence-electron chi connectivity index (χ0n) is 34.6. The van der Waals surface area contributed by atoms with E-state index in [1.54, 1.807) is 0 Å². The number of aromatic nitrogens is 2. The highest BCUT2D eigenvalue weighted by Crippen LogP contribution is 2.46. The van der Waals surface area contributed by atoms with Crippen LogP contribution in [0, 0.1) is 17.2 Å². The first-order valence-electron chi connectivity index (χ1n) is 20.4.